The fourth-order valence-corrected chi connectivity index (χ4v) is 4.03. The lowest BCUT2D eigenvalue weighted by atomic mass is 9.98. The van der Waals surface area contributed by atoms with Crippen LogP contribution in [0.3, 0.4) is 0 Å². The average Bonchev–Trinajstić information content (AvgIpc) is 3.16. The molecule has 2 aliphatic heterocycles. The van der Waals surface area contributed by atoms with Crippen molar-refractivity contribution in [1.82, 2.24) is 5.32 Å². The number of nitrogens with zero attached hydrogens (tertiary/aromatic N) is 2. The molecule has 2 amide bonds. The van der Waals surface area contributed by atoms with Gasteiger partial charge in [0.1, 0.15) is 5.82 Å². The highest BCUT2D eigenvalue weighted by Crippen LogP contribution is 2.36. The van der Waals surface area contributed by atoms with Crippen LogP contribution in [0.2, 0.25) is 0 Å². The number of rotatable bonds is 3. The van der Waals surface area contributed by atoms with Gasteiger partial charge in [0, 0.05) is 23.2 Å². The number of para-hydroxylation sites is 1. The Bertz CT molecular complexity index is 1190. The number of aliphatic imine (C=N–C) groups is 1. The van der Waals surface area contributed by atoms with Crippen molar-refractivity contribution in [3.63, 3.8) is 0 Å². The molecular formula is C24H18FN3O2. The summed E-state index contributed by atoms with van der Waals surface area (Å²) in [6.07, 6.45) is -0.351. The van der Waals surface area contributed by atoms with Crippen molar-refractivity contribution in [3.05, 3.63) is 101 Å². The largest absolute Gasteiger partial charge is 0.322 e. The molecule has 1 unspecified atom stereocenters. The van der Waals surface area contributed by atoms with Gasteiger partial charge in [0.05, 0.1) is 11.4 Å². The monoisotopic (exact) mass is 399 g/mol. The molecule has 0 fully saturated rings. The van der Waals surface area contributed by atoms with Crippen molar-refractivity contribution >= 4 is 23.2 Å². The summed E-state index contributed by atoms with van der Waals surface area (Å²) in [5.41, 5.74) is 4.46. The Labute approximate surface area is 172 Å². The van der Waals surface area contributed by atoms with Crippen LogP contribution in [0, 0.1) is 5.82 Å². The summed E-state index contributed by atoms with van der Waals surface area (Å²) in [7, 11) is 0. The van der Waals surface area contributed by atoms with Crippen LogP contribution in [0.1, 0.15) is 27.0 Å². The van der Waals surface area contributed by atoms with Gasteiger partial charge in [-0.2, -0.15) is 0 Å². The van der Waals surface area contributed by atoms with Crippen molar-refractivity contribution in [1.29, 1.82) is 0 Å². The third kappa shape index (κ3) is 3.06. The van der Waals surface area contributed by atoms with E-state index in [-0.39, 0.29) is 11.5 Å². The van der Waals surface area contributed by atoms with Gasteiger partial charge in [-0.1, -0.05) is 54.6 Å². The quantitative estimate of drug-likeness (QED) is 0.735. The summed E-state index contributed by atoms with van der Waals surface area (Å²) in [5, 5.41) is 2.69. The Morgan fingerprint density at radius 1 is 1.03 bits per heavy atom. The molecule has 6 heteroatoms. The number of anilines is 1. The molecule has 148 valence electrons. The van der Waals surface area contributed by atoms with Crippen LogP contribution in [0.4, 0.5) is 10.1 Å². The minimum absolute atomic E-state index is 0.142. The second-order valence-electron chi connectivity index (χ2n) is 7.28. The van der Waals surface area contributed by atoms with Crippen molar-refractivity contribution < 1.29 is 14.0 Å². The van der Waals surface area contributed by atoms with Crippen molar-refractivity contribution in [2.45, 2.75) is 12.6 Å². The van der Waals surface area contributed by atoms with Gasteiger partial charge >= 0.3 is 0 Å². The molecule has 30 heavy (non-hydrogen) atoms. The normalized spacial score (nSPS) is 17.2. The van der Waals surface area contributed by atoms with E-state index in [0.717, 1.165) is 34.9 Å². The van der Waals surface area contributed by atoms with Crippen LogP contribution in [0.15, 0.2) is 77.8 Å². The summed E-state index contributed by atoms with van der Waals surface area (Å²) < 4.78 is 13.6. The van der Waals surface area contributed by atoms with Gasteiger partial charge in [0.25, 0.3) is 11.8 Å². The van der Waals surface area contributed by atoms with Gasteiger partial charge in [-0.3, -0.25) is 9.59 Å². The molecule has 1 atom stereocenters. The Hall–Kier alpha value is -3.80. The molecule has 3 aromatic rings. The van der Waals surface area contributed by atoms with Gasteiger partial charge < -0.3 is 10.2 Å². The molecule has 0 bridgehead atoms. The van der Waals surface area contributed by atoms with E-state index in [4.69, 9.17) is 0 Å². The van der Waals surface area contributed by atoms with Crippen LogP contribution in [0.5, 0.6) is 0 Å². The van der Waals surface area contributed by atoms with E-state index in [0.29, 0.717) is 12.3 Å². The van der Waals surface area contributed by atoms with E-state index in [1.54, 1.807) is 4.90 Å². The Balaban J connectivity index is 1.60. The fourth-order valence-electron chi connectivity index (χ4n) is 4.03. The third-order valence-electron chi connectivity index (χ3n) is 5.41. The first-order valence-electron chi connectivity index (χ1n) is 9.75. The van der Waals surface area contributed by atoms with E-state index in [2.05, 4.69) is 10.3 Å². The molecule has 5 nitrogen and oxygen atoms in total. The lowest BCUT2D eigenvalue weighted by Crippen LogP contribution is -2.47. The van der Waals surface area contributed by atoms with Gasteiger partial charge in [-0.05, 0) is 30.2 Å². The highest BCUT2D eigenvalue weighted by Gasteiger charge is 2.37. The molecule has 2 heterocycles. The van der Waals surface area contributed by atoms with Crippen LogP contribution < -0.4 is 10.2 Å². The highest BCUT2D eigenvalue weighted by molar-refractivity contribution is 6.21. The highest BCUT2D eigenvalue weighted by atomic mass is 19.1. The van der Waals surface area contributed by atoms with Crippen molar-refractivity contribution in [2.75, 3.05) is 11.4 Å². The predicted octanol–water partition coefficient (Wildman–Crippen LogP) is 3.32. The molecule has 0 aliphatic carbocycles. The average molecular weight is 399 g/mol. The zero-order chi connectivity index (χ0) is 20.7. The van der Waals surface area contributed by atoms with Gasteiger partial charge in [0.15, 0.2) is 0 Å². The Morgan fingerprint density at radius 3 is 2.63 bits per heavy atom. The second-order valence-corrected chi connectivity index (χ2v) is 7.28. The third-order valence-corrected chi connectivity index (χ3v) is 5.41. The zero-order valence-corrected chi connectivity index (χ0v) is 16.0. The maximum atomic E-state index is 13.6. The fraction of sp³-hybridized carbons (Fsp3) is 0.125. The molecule has 3 aromatic carbocycles. The number of nitrogens with one attached hydrogen (secondary N) is 1. The molecule has 0 spiro atoms. The first-order chi connectivity index (χ1) is 14.6. The first-order valence-corrected chi connectivity index (χ1v) is 9.75. The number of halogens is 1. The van der Waals surface area contributed by atoms with E-state index in [1.165, 1.54) is 18.2 Å². The smallest absolute Gasteiger partial charge is 0.272 e. The maximum Gasteiger partial charge on any atom is 0.272 e. The molecule has 0 saturated carbocycles. The molecule has 0 radical (unpaired) electrons. The predicted molar refractivity (Wildman–Crippen MR) is 112 cm³/mol. The summed E-state index contributed by atoms with van der Waals surface area (Å²) >= 11 is 0. The van der Waals surface area contributed by atoms with Crippen LogP contribution in [0.25, 0.3) is 0 Å². The van der Waals surface area contributed by atoms with Crippen molar-refractivity contribution in [2.24, 2.45) is 4.99 Å². The molecule has 5 rings (SSSR count). The summed E-state index contributed by atoms with van der Waals surface area (Å²) in [5.74, 6) is -1.36. The van der Waals surface area contributed by atoms with Crippen LogP contribution >= 0.6 is 0 Å². The van der Waals surface area contributed by atoms with Gasteiger partial charge in [-0.25, -0.2) is 9.38 Å². The minimum Gasteiger partial charge on any atom is -0.322 e. The Kier molecular flexibility index (Phi) is 4.39. The minimum atomic E-state index is -1.10. The van der Waals surface area contributed by atoms with Crippen molar-refractivity contribution in [3.8, 4) is 0 Å². The van der Waals surface area contributed by atoms with E-state index in [9.17, 15) is 14.0 Å². The number of carbonyl (C=O) groups excluding carboxylic acids is 2. The number of hydrogen-bond acceptors (Lipinski definition) is 3. The standard InChI is InChI=1S/C24H18FN3O2/c25-18-10-4-9-17(14-18)23(29)27-22-24(30)28-13-12-16-8-5-11-19(21(16)28)20(26-22)15-6-2-1-3-7-15/h1-11,14,22H,12-13H2,(H,27,29). The molecule has 0 aromatic heterocycles. The Morgan fingerprint density at radius 2 is 1.83 bits per heavy atom. The first kappa shape index (κ1) is 18.2. The summed E-state index contributed by atoms with van der Waals surface area (Å²) in [6.45, 7) is 0.537. The van der Waals surface area contributed by atoms with E-state index < -0.39 is 17.9 Å². The van der Waals surface area contributed by atoms with Crippen LogP contribution in [-0.2, 0) is 11.2 Å². The number of carbonyl (C=O) groups is 2. The zero-order valence-electron chi connectivity index (χ0n) is 16.0. The topological polar surface area (TPSA) is 61.8 Å². The van der Waals surface area contributed by atoms with Gasteiger partial charge in [-0.15, -0.1) is 0 Å². The maximum absolute atomic E-state index is 13.6. The van der Waals surface area contributed by atoms with E-state index in [1.807, 2.05) is 48.5 Å². The molecular weight excluding hydrogens is 381 g/mol. The molecule has 2 aliphatic rings. The molecule has 0 saturated heterocycles. The second kappa shape index (κ2) is 7.22. The number of amides is 2. The molecule has 1 N–H and O–H groups in total. The summed E-state index contributed by atoms with van der Waals surface area (Å²) in [6, 6.07) is 20.9. The number of benzene rings is 3. The van der Waals surface area contributed by atoms with Gasteiger partial charge in [0.2, 0.25) is 6.17 Å². The number of hydrogen-bond donors (Lipinski definition) is 1. The SMILES string of the molecule is O=C(NC1N=C(c2ccccc2)c2cccc3c2N(CC3)C1=O)c1cccc(F)c1. The van der Waals surface area contributed by atoms with E-state index >= 15 is 0 Å². The lowest BCUT2D eigenvalue weighted by molar-refractivity contribution is -0.120. The van der Waals surface area contributed by atoms with Crippen LogP contribution in [-0.4, -0.2) is 30.2 Å². The summed E-state index contributed by atoms with van der Waals surface area (Å²) in [4.78, 5) is 32.4. The lowest BCUT2D eigenvalue weighted by Gasteiger charge is -2.21.